The van der Waals surface area contributed by atoms with Gasteiger partial charge in [0.15, 0.2) is 6.04 Å². The minimum Gasteiger partial charge on any atom is -0.454 e. The molecule has 2 unspecified atom stereocenters. The topological polar surface area (TPSA) is 84.9 Å². The van der Waals surface area contributed by atoms with E-state index < -0.39 is 29.8 Å². The molecule has 1 fully saturated rings. The Hall–Kier alpha value is -1.43. The number of fused-ring (bicyclic) bond motifs is 1. The Bertz CT molecular complexity index is 632. The molecule has 0 bridgehead atoms. The van der Waals surface area contributed by atoms with Crippen LogP contribution in [-0.2, 0) is 15.1 Å². The van der Waals surface area contributed by atoms with Crippen LogP contribution in [0.4, 0.5) is 0 Å². The van der Waals surface area contributed by atoms with E-state index in [1.165, 1.54) is 6.92 Å². The summed E-state index contributed by atoms with van der Waals surface area (Å²) in [5.74, 6) is -0.493. The lowest BCUT2D eigenvalue weighted by atomic mass is 9.73. The van der Waals surface area contributed by atoms with Gasteiger partial charge in [-0.15, -0.1) is 0 Å². The molecule has 2 aliphatic rings. The van der Waals surface area contributed by atoms with E-state index in [0.29, 0.717) is 23.6 Å². The van der Waals surface area contributed by atoms with Crippen molar-refractivity contribution in [1.29, 1.82) is 0 Å². The lowest BCUT2D eigenvalue weighted by Crippen LogP contribution is -2.58. The van der Waals surface area contributed by atoms with Gasteiger partial charge in [-0.2, -0.15) is 0 Å². The Morgan fingerprint density at radius 1 is 1.50 bits per heavy atom. The predicted molar refractivity (Wildman–Crippen MR) is 84.0 cm³/mol. The van der Waals surface area contributed by atoms with Crippen molar-refractivity contribution in [3.05, 3.63) is 34.9 Å². The molecule has 0 spiro atoms. The average Bonchev–Trinajstić information content (AvgIpc) is 2.47. The summed E-state index contributed by atoms with van der Waals surface area (Å²) < 4.78 is 5.47. The molecule has 0 saturated heterocycles. The fraction of sp³-hybridized carbons (Fsp3) is 0.500. The summed E-state index contributed by atoms with van der Waals surface area (Å²) in [6.45, 7) is 1.52. The first-order valence-electron chi connectivity index (χ1n) is 7.44. The van der Waals surface area contributed by atoms with Crippen LogP contribution in [0.1, 0.15) is 31.7 Å². The van der Waals surface area contributed by atoms with Crippen molar-refractivity contribution < 1.29 is 14.6 Å². The molecule has 0 radical (unpaired) electrons. The van der Waals surface area contributed by atoms with Crippen LogP contribution < -0.4 is 5.73 Å². The van der Waals surface area contributed by atoms with Crippen LogP contribution in [-0.4, -0.2) is 35.0 Å². The molecule has 22 heavy (non-hydrogen) atoms. The number of aliphatic imine (C=N–C) groups is 1. The molecule has 1 aromatic carbocycles. The maximum atomic E-state index is 11.9. The van der Waals surface area contributed by atoms with E-state index in [2.05, 4.69) is 4.99 Å². The number of halogens is 1. The number of aliphatic hydroxyl groups is 1. The van der Waals surface area contributed by atoms with Crippen LogP contribution in [0.3, 0.4) is 0 Å². The van der Waals surface area contributed by atoms with Crippen LogP contribution in [0, 0.1) is 0 Å². The third-order valence-corrected chi connectivity index (χ3v) is 4.72. The van der Waals surface area contributed by atoms with Crippen LogP contribution in [0.2, 0.25) is 5.02 Å². The summed E-state index contributed by atoms with van der Waals surface area (Å²) >= 11 is 6.31. The predicted octanol–water partition coefficient (Wildman–Crippen LogP) is 1.79. The molecule has 1 aliphatic heterocycles. The molecule has 4 atom stereocenters. The van der Waals surface area contributed by atoms with Gasteiger partial charge in [0.1, 0.15) is 6.10 Å². The van der Waals surface area contributed by atoms with E-state index in [1.54, 1.807) is 6.07 Å². The first kappa shape index (κ1) is 15.5. The number of rotatable bonds is 2. The van der Waals surface area contributed by atoms with Gasteiger partial charge in [0.05, 0.1) is 17.4 Å². The highest BCUT2D eigenvalue weighted by Crippen LogP contribution is 2.39. The van der Waals surface area contributed by atoms with E-state index >= 15 is 0 Å². The molecule has 5 nitrogen and oxygen atoms in total. The normalized spacial score (nSPS) is 32.7. The number of esters is 1. The van der Waals surface area contributed by atoms with Gasteiger partial charge in [0.2, 0.25) is 0 Å². The number of benzene rings is 1. The van der Waals surface area contributed by atoms with Crippen molar-refractivity contribution in [1.82, 2.24) is 0 Å². The summed E-state index contributed by atoms with van der Waals surface area (Å²) in [4.78, 5) is 16.4. The zero-order valence-electron chi connectivity index (χ0n) is 12.3. The van der Waals surface area contributed by atoms with Gasteiger partial charge in [-0.3, -0.25) is 4.99 Å². The number of nitrogens with two attached hydrogens (primary N) is 1. The fourth-order valence-electron chi connectivity index (χ4n) is 3.24. The molecule has 0 aromatic heterocycles. The molecule has 3 N–H and O–H groups in total. The molecule has 1 aliphatic carbocycles. The van der Waals surface area contributed by atoms with Crippen molar-refractivity contribution in [3.63, 3.8) is 0 Å². The summed E-state index contributed by atoms with van der Waals surface area (Å²) in [6.07, 6.45) is 0.838. The van der Waals surface area contributed by atoms with Gasteiger partial charge < -0.3 is 15.6 Å². The standard InChI is InChI=1S/C16H19ClN2O3/c1-9(20)13-15(21)22-12-7-4-8-16(18,14(12)19-13)10-5-2-3-6-11(10)17/h2-3,5-6,9,12-13,20H,4,7-8,18H2,1H3/t9?,12-,13?,16-/m1/s1. The fourth-order valence-corrected chi connectivity index (χ4v) is 3.55. The minimum atomic E-state index is -0.922. The van der Waals surface area contributed by atoms with E-state index in [1.807, 2.05) is 18.2 Å². The second-order valence-corrected chi connectivity index (χ2v) is 6.38. The molecule has 1 heterocycles. The highest BCUT2D eigenvalue weighted by atomic mass is 35.5. The maximum absolute atomic E-state index is 11.9. The lowest BCUT2D eigenvalue weighted by molar-refractivity contribution is -0.152. The zero-order chi connectivity index (χ0) is 15.9. The summed E-state index contributed by atoms with van der Waals surface area (Å²) in [7, 11) is 0. The third kappa shape index (κ3) is 2.43. The second-order valence-electron chi connectivity index (χ2n) is 5.97. The maximum Gasteiger partial charge on any atom is 0.334 e. The van der Waals surface area contributed by atoms with Gasteiger partial charge in [0.25, 0.3) is 0 Å². The van der Waals surface area contributed by atoms with Crippen molar-refractivity contribution >= 4 is 23.3 Å². The number of carbonyl (C=O) groups excluding carboxylic acids is 1. The Morgan fingerprint density at radius 3 is 2.91 bits per heavy atom. The van der Waals surface area contributed by atoms with Crippen LogP contribution in [0.25, 0.3) is 0 Å². The van der Waals surface area contributed by atoms with Gasteiger partial charge in [-0.1, -0.05) is 29.8 Å². The van der Waals surface area contributed by atoms with Crippen LogP contribution in [0.5, 0.6) is 0 Å². The summed E-state index contributed by atoms with van der Waals surface area (Å²) in [5.41, 5.74) is 7.18. The molecular formula is C16H19ClN2O3. The molecule has 118 valence electrons. The lowest BCUT2D eigenvalue weighted by Gasteiger charge is -2.43. The Morgan fingerprint density at radius 2 is 2.23 bits per heavy atom. The number of hydrogen-bond acceptors (Lipinski definition) is 5. The van der Waals surface area contributed by atoms with Gasteiger partial charge >= 0.3 is 5.97 Å². The number of hydrogen-bond donors (Lipinski definition) is 2. The molecular weight excluding hydrogens is 304 g/mol. The highest BCUT2D eigenvalue weighted by molar-refractivity contribution is 6.32. The third-order valence-electron chi connectivity index (χ3n) is 4.39. The zero-order valence-corrected chi connectivity index (χ0v) is 13.1. The molecule has 1 saturated carbocycles. The van der Waals surface area contributed by atoms with Crippen molar-refractivity contribution in [2.45, 2.75) is 50.0 Å². The van der Waals surface area contributed by atoms with Gasteiger partial charge in [0, 0.05) is 5.02 Å². The number of ether oxygens (including phenoxy) is 1. The van der Waals surface area contributed by atoms with Crippen LogP contribution >= 0.6 is 11.6 Å². The summed E-state index contributed by atoms with van der Waals surface area (Å²) in [5, 5.41) is 10.3. The van der Waals surface area contributed by atoms with E-state index in [0.717, 1.165) is 12.0 Å². The Balaban J connectivity index is 2.10. The molecule has 3 rings (SSSR count). The van der Waals surface area contributed by atoms with Crippen molar-refractivity contribution in [2.24, 2.45) is 10.7 Å². The SMILES string of the molecule is CC(O)C1N=C2[C@@H](CCC[C@@]2(N)c2ccccc2Cl)OC1=O. The van der Waals surface area contributed by atoms with Gasteiger partial charge in [-0.25, -0.2) is 4.79 Å². The monoisotopic (exact) mass is 322 g/mol. The number of nitrogens with zero attached hydrogens (tertiary/aromatic N) is 1. The summed E-state index contributed by atoms with van der Waals surface area (Å²) in [6, 6.07) is 6.46. The molecule has 6 heteroatoms. The quantitative estimate of drug-likeness (QED) is 0.813. The minimum absolute atomic E-state index is 0.433. The molecule has 1 aromatic rings. The Labute approximate surface area is 134 Å². The number of aliphatic hydroxyl groups excluding tert-OH is 1. The first-order valence-corrected chi connectivity index (χ1v) is 7.82. The average molecular weight is 323 g/mol. The first-order chi connectivity index (χ1) is 10.4. The Kier molecular flexibility index (Phi) is 3.97. The van der Waals surface area contributed by atoms with Crippen molar-refractivity contribution in [2.75, 3.05) is 0 Å². The van der Waals surface area contributed by atoms with E-state index in [-0.39, 0.29) is 0 Å². The smallest absolute Gasteiger partial charge is 0.334 e. The highest BCUT2D eigenvalue weighted by Gasteiger charge is 2.47. The molecule has 0 amide bonds. The second kappa shape index (κ2) is 5.65. The van der Waals surface area contributed by atoms with Crippen LogP contribution in [0.15, 0.2) is 29.3 Å². The van der Waals surface area contributed by atoms with E-state index in [4.69, 9.17) is 22.1 Å². The van der Waals surface area contributed by atoms with E-state index in [9.17, 15) is 9.90 Å². The number of carbonyl (C=O) groups is 1. The van der Waals surface area contributed by atoms with Crippen molar-refractivity contribution in [3.8, 4) is 0 Å². The largest absolute Gasteiger partial charge is 0.454 e. The van der Waals surface area contributed by atoms with Gasteiger partial charge in [-0.05, 0) is 37.8 Å².